The van der Waals surface area contributed by atoms with E-state index >= 15 is 0 Å². The Morgan fingerprint density at radius 2 is 2.33 bits per heavy atom. The molecule has 0 aliphatic rings. The lowest BCUT2D eigenvalue weighted by Gasteiger charge is -2.04. The predicted octanol–water partition coefficient (Wildman–Crippen LogP) is 1.01. The molecule has 4 nitrogen and oxygen atoms in total. The van der Waals surface area contributed by atoms with Crippen molar-refractivity contribution in [3.05, 3.63) is 18.2 Å². The van der Waals surface area contributed by atoms with Crippen molar-refractivity contribution < 1.29 is 4.79 Å². The van der Waals surface area contributed by atoms with Crippen LogP contribution in [0.15, 0.2) is 12.4 Å². The van der Waals surface area contributed by atoms with Gasteiger partial charge < -0.3 is 9.88 Å². The Balaban J connectivity index is 2.37. The van der Waals surface area contributed by atoms with Gasteiger partial charge in [0.25, 0.3) is 0 Å². The Morgan fingerprint density at radius 3 is 3.00 bits per heavy atom. The van der Waals surface area contributed by atoms with E-state index in [0.29, 0.717) is 13.0 Å². The van der Waals surface area contributed by atoms with E-state index in [9.17, 15) is 4.79 Å². The third-order valence-electron chi connectivity index (χ3n) is 2.25. The molecule has 0 aliphatic heterocycles. The number of carbonyl (C=O) groups excluding carboxylic acids is 1. The average Bonchev–Trinajstić information content (AvgIpc) is 2.65. The summed E-state index contributed by atoms with van der Waals surface area (Å²) in [4.78, 5) is 15.7. The molecule has 15 heavy (non-hydrogen) atoms. The fourth-order valence-electron chi connectivity index (χ4n) is 1.44. The normalized spacial score (nSPS) is 10.5. The fourth-order valence-corrected chi connectivity index (χ4v) is 1.44. The van der Waals surface area contributed by atoms with E-state index in [2.05, 4.69) is 17.2 Å². The molecule has 0 saturated carbocycles. The molecule has 0 saturated heterocycles. The third kappa shape index (κ3) is 3.83. The Morgan fingerprint density at radius 1 is 1.53 bits per heavy atom. The minimum absolute atomic E-state index is 0.198. The molecule has 1 aromatic rings. The van der Waals surface area contributed by atoms with E-state index in [0.717, 1.165) is 25.3 Å². The molecule has 0 fully saturated rings. The molecular formula is C11H19N3O. The van der Waals surface area contributed by atoms with E-state index in [-0.39, 0.29) is 5.78 Å². The highest BCUT2D eigenvalue weighted by atomic mass is 16.1. The largest absolute Gasteiger partial charge is 0.335 e. The molecule has 4 heteroatoms. The van der Waals surface area contributed by atoms with Crippen LogP contribution in [0.4, 0.5) is 0 Å². The molecule has 0 spiro atoms. The van der Waals surface area contributed by atoms with Crippen LogP contribution in [0.1, 0.15) is 26.1 Å². The molecule has 0 aromatic carbocycles. The van der Waals surface area contributed by atoms with Gasteiger partial charge in [-0.15, -0.1) is 0 Å². The highest BCUT2D eigenvalue weighted by Gasteiger charge is 2.07. The molecule has 0 radical (unpaired) electrons. The van der Waals surface area contributed by atoms with Gasteiger partial charge in [0, 0.05) is 18.9 Å². The number of Topliss-reactive ketones (excluding diaryl/α,β-unsaturated/α-hetero) is 1. The first kappa shape index (κ1) is 11.9. The number of aryl methyl sites for hydroxylation is 1. The lowest BCUT2D eigenvalue weighted by Crippen LogP contribution is -2.25. The van der Waals surface area contributed by atoms with Crippen molar-refractivity contribution in [2.24, 2.45) is 0 Å². The zero-order chi connectivity index (χ0) is 11.1. The van der Waals surface area contributed by atoms with Crippen LogP contribution in [0.25, 0.3) is 0 Å². The van der Waals surface area contributed by atoms with Crippen LogP contribution in [0, 0.1) is 0 Å². The van der Waals surface area contributed by atoms with Crippen LogP contribution in [-0.4, -0.2) is 28.4 Å². The van der Waals surface area contributed by atoms with E-state index < -0.39 is 0 Å². The van der Waals surface area contributed by atoms with Gasteiger partial charge in [-0.3, -0.25) is 4.79 Å². The second-order valence-electron chi connectivity index (χ2n) is 3.52. The van der Waals surface area contributed by atoms with Gasteiger partial charge in [0.2, 0.25) is 0 Å². The number of nitrogens with one attached hydrogen (secondary N) is 1. The van der Waals surface area contributed by atoms with Crippen LogP contribution in [0.5, 0.6) is 0 Å². The van der Waals surface area contributed by atoms with Crippen molar-refractivity contribution in [1.82, 2.24) is 14.9 Å². The van der Waals surface area contributed by atoms with Crippen LogP contribution < -0.4 is 5.32 Å². The number of aromatic nitrogens is 2. The molecule has 0 aliphatic carbocycles. The van der Waals surface area contributed by atoms with Gasteiger partial charge in [-0.05, 0) is 19.9 Å². The quantitative estimate of drug-likeness (QED) is 0.682. The number of hydrogen-bond acceptors (Lipinski definition) is 3. The van der Waals surface area contributed by atoms with Gasteiger partial charge in [0.1, 0.15) is 5.82 Å². The van der Waals surface area contributed by atoms with Gasteiger partial charge in [-0.25, -0.2) is 4.98 Å². The van der Waals surface area contributed by atoms with Crippen LogP contribution in [0.3, 0.4) is 0 Å². The number of rotatable bonds is 7. The minimum atomic E-state index is 0.198. The van der Waals surface area contributed by atoms with Crippen molar-refractivity contribution >= 4 is 5.78 Å². The Hall–Kier alpha value is -1.16. The summed E-state index contributed by atoms with van der Waals surface area (Å²) in [6, 6.07) is 0. The maximum absolute atomic E-state index is 11.5. The van der Waals surface area contributed by atoms with E-state index in [1.54, 1.807) is 6.20 Å². The van der Waals surface area contributed by atoms with Crippen LogP contribution in [0.2, 0.25) is 0 Å². The lowest BCUT2D eigenvalue weighted by molar-refractivity contribution is -0.117. The number of hydrogen-bond donors (Lipinski definition) is 1. The molecule has 0 bridgehead atoms. The standard InChI is InChI=1S/C11H19N3O/c1-3-5-12-9-10(15)8-11-13-6-7-14(11)4-2/h6-7,12H,3-5,8-9H2,1-2H3. The Kier molecular flexibility index (Phi) is 5.04. The average molecular weight is 209 g/mol. The summed E-state index contributed by atoms with van der Waals surface area (Å²) in [6.07, 6.45) is 5.13. The van der Waals surface area contributed by atoms with Gasteiger partial charge >= 0.3 is 0 Å². The summed E-state index contributed by atoms with van der Waals surface area (Å²) < 4.78 is 2.00. The number of ketones is 1. The van der Waals surface area contributed by atoms with Crippen molar-refractivity contribution in [1.29, 1.82) is 0 Å². The number of nitrogens with zero attached hydrogens (tertiary/aromatic N) is 2. The molecule has 1 N–H and O–H groups in total. The van der Waals surface area contributed by atoms with Gasteiger partial charge in [0.15, 0.2) is 5.78 Å². The summed E-state index contributed by atoms with van der Waals surface area (Å²) in [5, 5.41) is 3.10. The molecule has 0 unspecified atom stereocenters. The predicted molar refractivity (Wildman–Crippen MR) is 59.8 cm³/mol. The second kappa shape index (κ2) is 6.35. The van der Waals surface area contributed by atoms with Gasteiger partial charge in [-0.2, -0.15) is 0 Å². The SMILES string of the molecule is CCCNCC(=O)Cc1nccn1CC. The zero-order valence-electron chi connectivity index (χ0n) is 9.49. The molecule has 84 valence electrons. The van der Waals surface area contributed by atoms with Crippen molar-refractivity contribution in [2.45, 2.75) is 33.2 Å². The highest BCUT2D eigenvalue weighted by molar-refractivity contribution is 5.82. The van der Waals surface area contributed by atoms with Crippen molar-refractivity contribution in [3.63, 3.8) is 0 Å². The maximum atomic E-state index is 11.5. The van der Waals surface area contributed by atoms with E-state index in [1.807, 2.05) is 17.7 Å². The van der Waals surface area contributed by atoms with Crippen LogP contribution in [-0.2, 0) is 17.8 Å². The highest BCUT2D eigenvalue weighted by Crippen LogP contribution is 1.98. The molecule has 0 amide bonds. The second-order valence-corrected chi connectivity index (χ2v) is 3.52. The monoisotopic (exact) mass is 209 g/mol. The minimum Gasteiger partial charge on any atom is -0.335 e. The summed E-state index contributed by atoms with van der Waals surface area (Å²) in [5.74, 6) is 1.06. The first-order valence-electron chi connectivity index (χ1n) is 5.50. The third-order valence-corrected chi connectivity index (χ3v) is 2.25. The van der Waals surface area contributed by atoms with E-state index in [4.69, 9.17) is 0 Å². The lowest BCUT2D eigenvalue weighted by atomic mass is 10.2. The first-order valence-corrected chi connectivity index (χ1v) is 5.50. The zero-order valence-corrected chi connectivity index (χ0v) is 9.49. The summed E-state index contributed by atoms with van der Waals surface area (Å²) in [5.41, 5.74) is 0. The van der Waals surface area contributed by atoms with Gasteiger partial charge in [-0.1, -0.05) is 6.92 Å². The Labute approximate surface area is 90.7 Å². The molecule has 1 heterocycles. The van der Waals surface area contributed by atoms with Crippen LogP contribution >= 0.6 is 0 Å². The Bertz CT molecular complexity index is 307. The maximum Gasteiger partial charge on any atom is 0.154 e. The van der Waals surface area contributed by atoms with Crippen molar-refractivity contribution in [3.8, 4) is 0 Å². The molecular weight excluding hydrogens is 190 g/mol. The summed E-state index contributed by atoms with van der Waals surface area (Å²) in [6.45, 7) is 6.34. The van der Waals surface area contributed by atoms with Crippen molar-refractivity contribution in [2.75, 3.05) is 13.1 Å². The number of imidazole rings is 1. The fraction of sp³-hybridized carbons (Fsp3) is 0.636. The summed E-state index contributed by atoms with van der Waals surface area (Å²) >= 11 is 0. The number of carbonyl (C=O) groups is 1. The smallest absolute Gasteiger partial charge is 0.154 e. The topological polar surface area (TPSA) is 46.9 Å². The molecule has 1 aromatic heterocycles. The molecule has 1 rings (SSSR count). The first-order chi connectivity index (χ1) is 7.27. The van der Waals surface area contributed by atoms with E-state index in [1.165, 1.54) is 0 Å². The van der Waals surface area contributed by atoms with Gasteiger partial charge in [0.05, 0.1) is 13.0 Å². The summed E-state index contributed by atoms with van der Waals surface area (Å²) in [7, 11) is 0. The molecule has 0 atom stereocenters.